The lowest BCUT2D eigenvalue weighted by molar-refractivity contribution is -0.136. The van der Waals surface area contributed by atoms with Crippen LogP contribution in [-0.4, -0.2) is 40.0 Å². The van der Waals surface area contributed by atoms with E-state index in [1.807, 2.05) is 30.3 Å². The number of amides is 1. The number of carbonyl (C=O) groups is 2. The third kappa shape index (κ3) is 6.84. The summed E-state index contributed by atoms with van der Waals surface area (Å²) in [6, 6.07) is 13.6. The second-order valence-corrected chi connectivity index (χ2v) is 6.62. The molecule has 0 radical (unpaired) electrons. The van der Waals surface area contributed by atoms with Crippen molar-refractivity contribution >= 4 is 23.7 Å². The largest absolute Gasteiger partial charge is 0.481 e. The summed E-state index contributed by atoms with van der Waals surface area (Å²) >= 11 is 5.95. The summed E-state index contributed by atoms with van der Waals surface area (Å²) in [5, 5.41) is 32.1. The molecule has 0 saturated carbocycles. The Balaban J connectivity index is 1.79. The Hall–Kier alpha value is -2.61. The highest BCUT2D eigenvalue weighted by Crippen LogP contribution is 2.25. The van der Waals surface area contributed by atoms with Gasteiger partial charge in [-0.2, -0.15) is 0 Å². The summed E-state index contributed by atoms with van der Waals surface area (Å²) in [4.78, 5) is 22.5. The van der Waals surface area contributed by atoms with Crippen molar-refractivity contribution < 1.29 is 29.6 Å². The summed E-state index contributed by atoms with van der Waals surface area (Å²) < 4.78 is 5.06. The first kappa shape index (κ1) is 21.7. The van der Waals surface area contributed by atoms with E-state index in [0.717, 1.165) is 5.56 Å². The quantitative estimate of drug-likeness (QED) is 0.508. The minimum absolute atomic E-state index is 0.0818. The van der Waals surface area contributed by atoms with Crippen molar-refractivity contribution in [3.63, 3.8) is 0 Å². The predicted molar refractivity (Wildman–Crippen MR) is 103 cm³/mol. The van der Waals surface area contributed by atoms with E-state index in [0.29, 0.717) is 11.1 Å². The van der Waals surface area contributed by atoms with Crippen LogP contribution in [0, 0.1) is 0 Å². The number of hydrogen-bond acceptors (Lipinski definition) is 5. The number of benzene rings is 2. The molecule has 0 heterocycles. The lowest BCUT2D eigenvalue weighted by Gasteiger charge is -2.19. The lowest BCUT2D eigenvalue weighted by Crippen LogP contribution is -2.29. The maximum atomic E-state index is 11.7. The maximum Gasteiger partial charge on any atom is 0.407 e. The Morgan fingerprint density at radius 2 is 1.82 bits per heavy atom. The first-order valence-electron chi connectivity index (χ1n) is 8.67. The van der Waals surface area contributed by atoms with Gasteiger partial charge in [0, 0.05) is 11.6 Å². The van der Waals surface area contributed by atoms with Crippen molar-refractivity contribution in [2.45, 2.75) is 31.7 Å². The van der Waals surface area contributed by atoms with Crippen LogP contribution in [0.25, 0.3) is 0 Å². The average Bonchev–Trinajstić information content (AvgIpc) is 2.68. The highest BCUT2D eigenvalue weighted by atomic mass is 35.5. The number of carbonyl (C=O) groups excluding carboxylic acids is 1. The maximum absolute atomic E-state index is 11.7. The second-order valence-electron chi connectivity index (χ2n) is 6.21. The molecule has 2 aromatic rings. The van der Waals surface area contributed by atoms with Crippen molar-refractivity contribution in [3.05, 3.63) is 70.2 Å². The topological polar surface area (TPSA) is 116 Å². The van der Waals surface area contributed by atoms with Crippen molar-refractivity contribution in [1.29, 1.82) is 0 Å². The standard InChI is InChI=1S/C20H22ClNO6/c21-16-7-6-14(10-15(16)11-18(24)25)19(26)17(23)8-9-22-20(27)28-12-13-4-2-1-3-5-13/h1-7,10,17,19,23,26H,8-9,11-12H2,(H,22,27)(H,24,25). The van der Waals surface area contributed by atoms with Gasteiger partial charge in [-0.25, -0.2) is 4.79 Å². The van der Waals surface area contributed by atoms with Crippen molar-refractivity contribution in [1.82, 2.24) is 5.32 Å². The third-order valence-electron chi connectivity index (χ3n) is 4.04. The van der Waals surface area contributed by atoms with E-state index in [2.05, 4.69) is 5.32 Å². The molecule has 0 spiro atoms. The van der Waals surface area contributed by atoms with Gasteiger partial charge in [0.25, 0.3) is 0 Å². The van der Waals surface area contributed by atoms with E-state index >= 15 is 0 Å². The Bertz CT molecular complexity index is 799. The first-order chi connectivity index (χ1) is 13.4. The molecule has 2 rings (SSSR count). The van der Waals surface area contributed by atoms with Crippen molar-refractivity contribution in [2.75, 3.05) is 6.54 Å². The lowest BCUT2D eigenvalue weighted by atomic mass is 9.99. The zero-order valence-electron chi connectivity index (χ0n) is 15.0. The molecule has 0 aliphatic rings. The van der Waals surface area contributed by atoms with Gasteiger partial charge in [0.05, 0.1) is 12.5 Å². The van der Waals surface area contributed by atoms with Gasteiger partial charge in [-0.15, -0.1) is 0 Å². The van der Waals surface area contributed by atoms with Crippen LogP contribution in [0.1, 0.15) is 29.2 Å². The van der Waals surface area contributed by atoms with Crippen LogP contribution in [0.4, 0.5) is 4.79 Å². The van der Waals surface area contributed by atoms with Crippen LogP contribution in [0.5, 0.6) is 0 Å². The molecular weight excluding hydrogens is 386 g/mol. The van der Waals surface area contributed by atoms with E-state index in [-0.39, 0.29) is 31.0 Å². The molecule has 8 heteroatoms. The molecule has 0 bridgehead atoms. The highest BCUT2D eigenvalue weighted by Gasteiger charge is 2.20. The SMILES string of the molecule is O=C(O)Cc1cc(C(O)C(O)CCNC(=O)OCc2ccccc2)ccc1Cl. The van der Waals surface area contributed by atoms with E-state index in [9.17, 15) is 19.8 Å². The van der Waals surface area contributed by atoms with Gasteiger partial charge < -0.3 is 25.4 Å². The van der Waals surface area contributed by atoms with Crippen LogP contribution in [0.2, 0.25) is 5.02 Å². The van der Waals surface area contributed by atoms with Crippen LogP contribution in [0.3, 0.4) is 0 Å². The molecule has 0 aliphatic heterocycles. The molecule has 28 heavy (non-hydrogen) atoms. The molecule has 2 aromatic carbocycles. The van der Waals surface area contributed by atoms with Crippen molar-refractivity contribution in [3.8, 4) is 0 Å². The number of hydrogen-bond donors (Lipinski definition) is 4. The van der Waals surface area contributed by atoms with Gasteiger partial charge in [-0.3, -0.25) is 4.79 Å². The number of aliphatic hydroxyl groups is 2. The van der Waals surface area contributed by atoms with Crippen LogP contribution >= 0.6 is 11.6 Å². The molecule has 150 valence electrons. The van der Waals surface area contributed by atoms with Gasteiger partial charge in [-0.1, -0.05) is 54.1 Å². The molecule has 0 fully saturated rings. The molecule has 4 N–H and O–H groups in total. The molecule has 7 nitrogen and oxygen atoms in total. The molecular formula is C20H22ClNO6. The van der Waals surface area contributed by atoms with E-state index < -0.39 is 24.3 Å². The predicted octanol–water partition coefficient (Wildman–Crippen LogP) is 2.68. The summed E-state index contributed by atoms with van der Waals surface area (Å²) in [6.07, 6.45) is -3.23. The molecule has 2 atom stereocenters. The number of ether oxygens (including phenoxy) is 1. The first-order valence-corrected chi connectivity index (χ1v) is 9.05. The number of halogens is 1. The number of rotatable bonds is 9. The molecule has 0 saturated heterocycles. The van der Waals surface area contributed by atoms with Gasteiger partial charge in [-0.05, 0) is 29.2 Å². The fourth-order valence-electron chi connectivity index (χ4n) is 2.55. The second kappa shape index (κ2) is 10.7. The number of nitrogens with one attached hydrogen (secondary N) is 1. The fourth-order valence-corrected chi connectivity index (χ4v) is 2.74. The minimum atomic E-state index is -1.24. The van der Waals surface area contributed by atoms with Crippen LogP contribution in [-0.2, 0) is 22.6 Å². The van der Waals surface area contributed by atoms with E-state index in [1.54, 1.807) is 0 Å². The third-order valence-corrected chi connectivity index (χ3v) is 4.41. The molecule has 1 amide bonds. The zero-order valence-corrected chi connectivity index (χ0v) is 15.8. The summed E-state index contributed by atoms with van der Waals surface area (Å²) in [7, 11) is 0. The number of alkyl carbamates (subject to hydrolysis) is 1. The van der Waals surface area contributed by atoms with E-state index in [1.165, 1.54) is 18.2 Å². The number of aliphatic carboxylic acids is 1. The average molecular weight is 408 g/mol. The number of aliphatic hydroxyl groups excluding tert-OH is 2. The van der Waals surface area contributed by atoms with Gasteiger partial charge in [0.2, 0.25) is 0 Å². The van der Waals surface area contributed by atoms with Crippen LogP contribution < -0.4 is 5.32 Å². The monoisotopic (exact) mass is 407 g/mol. The molecule has 0 aliphatic carbocycles. The Morgan fingerprint density at radius 3 is 2.50 bits per heavy atom. The number of carboxylic acids is 1. The Morgan fingerprint density at radius 1 is 1.11 bits per heavy atom. The fraction of sp³-hybridized carbons (Fsp3) is 0.300. The summed E-state index contributed by atoms with van der Waals surface area (Å²) in [5.41, 5.74) is 1.55. The smallest absolute Gasteiger partial charge is 0.407 e. The number of carboxylic acid groups (broad SMARTS) is 1. The van der Waals surface area contributed by atoms with Gasteiger partial charge in [0.1, 0.15) is 12.7 Å². The normalized spacial score (nSPS) is 12.8. The summed E-state index contributed by atoms with van der Waals surface area (Å²) in [5.74, 6) is -1.05. The molecule has 2 unspecified atom stereocenters. The molecule has 0 aromatic heterocycles. The Labute approximate surface area is 167 Å². The Kier molecular flexibility index (Phi) is 8.25. The van der Waals surface area contributed by atoms with Gasteiger partial charge >= 0.3 is 12.1 Å². The van der Waals surface area contributed by atoms with Crippen LogP contribution in [0.15, 0.2) is 48.5 Å². The van der Waals surface area contributed by atoms with Gasteiger partial charge in [0.15, 0.2) is 0 Å². The minimum Gasteiger partial charge on any atom is -0.481 e. The van der Waals surface area contributed by atoms with E-state index in [4.69, 9.17) is 21.4 Å². The highest BCUT2D eigenvalue weighted by molar-refractivity contribution is 6.31. The summed E-state index contributed by atoms with van der Waals surface area (Å²) in [6.45, 7) is 0.233. The van der Waals surface area contributed by atoms with Crippen molar-refractivity contribution in [2.24, 2.45) is 0 Å². The zero-order chi connectivity index (χ0) is 20.5.